The van der Waals surface area contributed by atoms with E-state index in [0.29, 0.717) is 11.2 Å². The van der Waals surface area contributed by atoms with Crippen molar-refractivity contribution < 1.29 is 4.79 Å². The van der Waals surface area contributed by atoms with E-state index < -0.39 is 5.91 Å². The van der Waals surface area contributed by atoms with E-state index >= 15 is 0 Å². The summed E-state index contributed by atoms with van der Waals surface area (Å²) in [7, 11) is 0. The Morgan fingerprint density at radius 3 is 2.72 bits per heavy atom. The normalized spacial score (nSPS) is 15.0. The number of primary amides is 1. The number of fused-ring (bicyclic) bond motifs is 1. The Labute approximate surface area is 144 Å². The summed E-state index contributed by atoms with van der Waals surface area (Å²) in [5.74, 6) is -0.376. The minimum absolute atomic E-state index is 0.167. The number of nitrogens with two attached hydrogens (primary N) is 1. The van der Waals surface area contributed by atoms with Gasteiger partial charge in [0.05, 0.1) is 23.2 Å². The van der Waals surface area contributed by atoms with Gasteiger partial charge < -0.3 is 5.73 Å². The van der Waals surface area contributed by atoms with Gasteiger partial charge in [0.1, 0.15) is 0 Å². The van der Waals surface area contributed by atoms with Crippen molar-refractivity contribution in [1.29, 1.82) is 5.26 Å². The van der Waals surface area contributed by atoms with Crippen LogP contribution in [0, 0.1) is 23.6 Å². The van der Waals surface area contributed by atoms with Crippen LogP contribution in [0.5, 0.6) is 0 Å². The van der Waals surface area contributed by atoms with E-state index in [9.17, 15) is 4.79 Å². The van der Waals surface area contributed by atoms with Gasteiger partial charge in [-0.3, -0.25) is 9.69 Å². The molecule has 123 valence electrons. The highest BCUT2D eigenvalue weighted by atomic mass is 16.1. The summed E-state index contributed by atoms with van der Waals surface area (Å²) in [6.45, 7) is 2.51. The van der Waals surface area contributed by atoms with E-state index in [1.807, 2.05) is 12.1 Å². The van der Waals surface area contributed by atoms with Crippen molar-refractivity contribution >= 4 is 11.6 Å². The molecule has 0 bridgehead atoms. The Bertz CT molecular complexity index is 979. The van der Waals surface area contributed by atoms with E-state index in [4.69, 9.17) is 11.0 Å². The average Bonchev–Trinajstić information content (AvgIpc) is 3.07. The molecule has 1 aliphatic rings. The molecule has 1 amide bonds. The first-order valence-electron chi connectivity index (χ1n) is 7.92. The molecule has 2 aromatic heterocycles. The standard InChI is InChI=1S/C18H15N6O/c19-7-13-9-23(10-13)8-12-1-3-14(4-2-12)16-6-5-15(17(20)25)18-21-11-22-24(16)18/h1-6,13H,8-10H2,(H2,20,25). The van der Waals surface area contributed by atoms with Crippen molar-refractivity contribution in [3.05, 3.63) is 53.9 Å². The molecule has 1 radical (unpaired) electrons. The lowest BCUT2D eigenvalue weighted by Crippen LogP contribution is -2.45. The number of likely N-dealkylation sites (tertiary alicyclic amines) is 1. The minimum Gasteiger partial charge on any atom is -0.365 e. The van der Waals surface area contributed by atoms with Crippen LogP contribution in [0.2, 0.25) is 0 Å². The molecule has 25 heavy (non-hydrogen) atoms. The number of amides is 1. The SMILES string of the molecule is N#CC1CN(Cc2ccc(-c3ccc(C(N)=O)c4n[c]nn34)cc2)C1. The van der Waals surface area contributed by atoms with Crippen LogP contribution >= 0.6 is 0 Å². The molecule has 0 atom stereocenters. The second-order valence-corrected chi connectivity index (χ2v) is 6.16. The van der Waals surface area contributed by atoms with E-state index in [-0.39, 0.29) is 5.92 Å². The summed E-state index contributed by atoms with van der Waals surface area (Å²) in [5.41, 5.74) is 9.06. The summed E-state index contributed by atoms with van der Waals surface area (Å²) in [4.78, 5) is 17.7. The van der Waals surface area contributed by atoms with Crippen LogP contribution in [0.15, 0.2) is 36.4 Å². The molecule has 0 saturated carbocycles. The third-order valence-electron chi connectivity index (χ3n) is 4.44. The summed E-state index contributed by atoms with van der Waals surface area (Å²) in [5, 5.41) is 12.9. The molecule has 1 aromatic carbocycles. The highest BCUT2D eigenvalue weighted by molar-refractivity contribution is 5.99. The molecule has 1 aliphatic heterocycles. The predicted octanol–water partition coefficient (Wildman–Crippen LogP) is 1.25. The molecule has 3 heterocycles. The molecule has 1 fully saturated rings. The van der Waals surface area contributed by atoms with Crippen LogP contribution in [-0.2, 0) is 6.54 Å². The van der Waals surface area contributed by atoms with Crippen molar-refractivity contribution in [3.8, 4) is 17.3 Å². The van der Waals surface area contributed by atoms with Gasteiger partial charge in [-0.05, 0) is 17.7 Å². The Morgan fingerprint density at radius 1 is 1.28 bits per heavy atom. The number of pyridine rings is 1. The molecule has 0 spiro atoms. The number of carbonyl (C=O) groups excluding carboxylic acids is 1. The monoisotopic (exact) mass is 331 g/mol. The van der Waals surface area contributed by atoms with E-state index in [1.54, 1.807) is 16.6 Å². The summed E-state index contributed by atoms with van der Waals surface area (Å²) >= 11 is 0. The maximum atomic E-state index is 11.5. The molecule has 7 heteroatoms. The fourth-order valence-corrected chi connectivity index (χ4v) is 3.09. The first kappa shape index (κ1) is 15.3. The number of carbonyl (C=O) groups is 1. The van der Waals surface area contributed by atoms with Crippen molar-refractivity contribution in [2.45, 2.75) is 6.54 Å². The first-order valence-corrected chi connectivity index (χ1v) is 7.92. The highest BCUT2D eigenvalue weighted by Gasteiger charge is 2.25. The fourth-order valence-electron chi connectivity index (χ4n) is 3.09. The van der Waals surface area contributed by atoms with Crippen molar-refractivity contribution in [1.82, 2.24) is 19.5 Å². The number of hydrogen-bond acceptors (Lipinski definition) is 5. The first-order chi connectivity index (χ1) is 12.2. The maximum absolute atomic E-state index is 11.5. The zero-order valence-electron chi connectivity index (χ0n) is 13.4. The average molecular weight is 331 g/mol. The fraction of sp³-hybridized carbons (Fsp3) is 0.222. The Morgan fingerprint density at radius 2 is 2.04 bits per heavy atom. The number of nitrogens with zero attached hydrogens (tertiary/aromatic N) is 5. The predicted molar refractivity (Wildman–Crippen MR) is 90.2 cm³/mol. The molecule has 3 aromatic rings. The highest BCUT2D eigenvalue weighted by Crippen LogP contribution is 2.23. The van der Waals surface area contributed by atoms with Crippen LogP contribution in [-0.4, -0.2) is 38.5 Å². The van der Waals surface area contributed by atoms with Gasteiger partial charge in [-0.1, -0.05) is 24.3 Å². The molecule has 4 rings (SSSR count). The molecular formula is C18H15N6O. The van der Waals surface area contributed by atoms with E-state index in [0.717, 1.165) is 30.9 Å². The van der Waals surface area contributed by atoms with Gasteiger partial charge in [-0.15, -0.1) is 5.10 Å². The molecule has 0 unspecified atom stereocenters. The molecule has 1 saturated heterocycles. The van der Waals surface area contributed by atoms with Crippen molar-refractivity contribution in [2.75, 3.05) is 13.1 Å². The maximum Gasteiger partial charge on any atom is 0.252 e. The van der Waals surface area contributed by atoms with E-state index in [1.165, 1.54) is 5.56 Å². The third kappa shape index (κ3) is 2.73. The van der Waals surface area contributed by atoms with Crippen LogP contribution < -0.4 is 5.73 Å². The van der Waals surface area contributed by atoms with Crippen LogP contribution in [0.1, 0.15) is 15.9 Å². The topological polar surface area (TPSA) is 100 Å². The molecule has 0 aliphatic carbocycles. The zero-order chi connectivity index (χ0) is 17.4. The molecular weight excluding hydrogens is 316 g/mol. The Balaban J connectivity index is 1.60. The van der Waals surface area contributed by atoms with Crippen LogP contribution in [0.3, 0.4) is 0 Å². The lowest BCUT2D eigenvalue weighted by atomic mass is 10.0. The third-order valence-corrected chi connectivity index (χ3v) is 4.44. The Hall–Kier alpha value is -3.24. The van der Waals surface area contributed by atoms with Gasteiger partial charge in [0.15, 0.2) is 5.65 Å². The second kappa shape index (κ2) is 6.00. The number of benzene rings is 1. The van der Waals surface area contributed by atoms with Crippen molar-refractivity contribution in [3.63, 3.8) is 0 Å². The summed E-state index contributed by atoms with van der Waals surface area (Å²) in [6.07, 6.45) is 2.53. The van der Waals surface area contributed by atoms with Gasteiger partial charge in [-0.25, -0.2) is 9.50 Å². The van der Waals surface area contributed by atoms with Gasteiger partial charge in [0.2, 0.25) is 6.33 Å². The quantitative estimate of drug-likeness (QED) is 0.775. The second-order valence-electron chi connectivity index (χ2n) is 6.16. The van der Waals surface area contributed by atoms with Gasteiger partial charge in [-0.2, -0.15) is 5.26 Å². The summed E-state index contributed by atoms with van der Waals surface area (Å²) < 4.78 is 1.57. The Kier molecular flexibility index (Phi) is 3.67. The van der Waals surface area contributed by atoms with Crippen LogP contribution in [0.25, 0.3) is 16.9 Å². The molecule has 2 N–H and O–H groups in total. The van der Waals surface area contributed by atoms with Gasteiger partial charge >= 0.3 is 0 Å². The van der Waals surface area contributed by atoms with Crippen LogP contribution in [0.4, 0.5) is 0 Å². The van der Waals surface area contributed by atoms with E-state index in [2.05, 4.69) is 39.5 Å². The largest absolute Gasteiger partial charge is 0.365 e. The van der Waals surface area contributed by atoms with Gasteiger partial charge in [0.25, 0.3) is 5.91 Å². The summed E-state index contributed by atoms with van der Waals surface area (Å²) in [6, 6.07) is 13.9. The number of nitriles is 1. The number of rotatable bonds is 4. The smallest absolute Gasteiger partial charge is 0.252 e. The number of aromatic nitrogens is 3. The van der Waals surface area contributed by atoms with Gasteiger partial charge in [0, 0.05) is 25.2 Å². The zero-order valence-corrected chi connectivity index (χ0v) is 13.4. The molecule has 7 nitrogen and oxygen atoms in total. The number of hydrogen-bond donors (Lipinski definition) is 1. The van der Waals surface area contributed by atoms with Crippen molar-refractivity contribution in [2.24, 2.45) is 11.7 Å². The lowest BCUT2D eigenvalue weighted by molar-refractivity contribution is 0.100. The minimum atomic E-state index is -0.543. The lowest BCUT2D eigenvalue weighted by Gasteiger charge is -2.35.